The van der Waals surface area contributed by atoms with Crippen LogP contribution < -0.4 is 0 Å². The van der Waals surface area contributed by atoms with Gasteiger partial charge in [-0.1, -0.05) is 31.4 Å². The first-order valence-electron chi connectivity index (χ1n) is 5.97. The third-order valence-electron chi connectivity index (χ3n) is 3.09. The fourth-order valence-electron chi connectivity index (χ4n) is 1.96. The monoisotopic (exact) mass is 255 g/mol. The van der Waals surface area contributed by atoms with E-state index in [0.717, 1.165) is 18.7 Å². The van der Waals surface area contributed by atoms with Crippen molar-refractivity contribution in [1.82, 2.24) is 4.90 Å². The van der Waals surface area contributed by atoms with Gasteiger partial charge >= 0.3 is 0 Å². The predicted molar refractivity (Wildman–Crippen MR) is 80.8 cm³/mol. The summed E-state index contributed by atoms with van der Waals surface area (Å²) in [7, 11) is 0. The summed E-state index contributed by atoms with van der Waals surface area (Å²) >= 11 is 1.81. The van der Waals surface area contributed by atoms with Gasteiger partial charge in [-0.15, -0.1) is 17.1 Å². The quantitative estimate of drug-likeness (QED) is 0.707. The van der Waals surface area contributed by atoms with Crippen LogP contribution in [0, 0.1) is 0 Å². The Balaban J connectivity index is 2.15. The van der Waals surface area contributed by atoms with Gasteiger partial charge in [0, 0.05) is 11.2 Å². The minimum absolute atomic E-state index is 0.915. The number of rotatable bonds is 5. The molecule has 1 aromatic heterocycles. The van der Waals surface area contributed by atoms with Crippen molar-refractivity contribution in [3.8, 4) is 0 Å². The summed E-state index contributed by atoms with van der Waals surface area (Å²) in [4.78, 5) is 2.08. The van der Waals surface area contributed by atoms with Crippen LogP contribution in [0.5, 0.6) is 0 Å². The molecule has 0 unspecified atom stereocenters. The second-order valence-electron chi connectivity index (χ2n) is 4.15. The largest absolute Gasteiger partial charge is 0.346 e. The van der Waals surface area contributed by atoms with Gasteiger partial charge in [0.25, 0.3) is 0 Å². The molecule has 0 amide bonds. The van der Waals surface area contributed by atoms with E-state index in [0.29, 0.717) is 0 Å². The smallest absolute Gasteiger partial charge is 0.0566 e. The molecule has 0 fully saturated rings. The first kappa shape index (κ1) is 12.7. The molecule has 0 aliphatic carbocycles. The van der Waals surface area contributed by atoms with Gasteiger partial charge in [-0.2, -0.15) is 0 Å². The van der Waals surface area contributed by atoms with E-state index >= 15 is 0 Å². The Kier molecular flexibility index (Phi) is 4.03. The van der Waals surface area contributed by atoms with Crippen LogP contribution in [-0.4, -0.2) is 11.4 Å². The number of allylic oxidation sites excluding steroid dienone is 1. The topological polar surface area (TPSA) is 3.24 Å². The SMILES string of the molecule is C=C=C(C)N(C=C)CCc1csc2ccccc12. The highest BCUT2D eigenvalue weighted by Crippen LogP contribution is 2.26. The predicted octanol–water partition coefficient (Wildman–Crippen LogP) is 4.58. The highest BCUT2D eigenvalue weighted by molar-refractivity contribution is 7.17. The molecule has 0 saturated heterocycles. The molecule has 2 rings (SSSR count). The second kappa shape index (κ2) is 5.72. The molecule has 2 aromatic rings. The minimum Gasteiger partial charge on any atom is -0.346 e. The molecule has 1 aromatic carbocycles. The molecule has 0 saturated carbocycles. The lowest BCUT2D eigenvalue weighted by atomic mass is 10.1. The lowest BCUT2D eigenvalue weighted by Crippen LogP contribution is -2.17. The molecular formula is C16H17NS. The van der Waals surface area contributed by atoms with E-state index in [4.69, 9.17) is 0 Å². The Hall–Kier alpha value is -1.76. The van der Waals surface area contributed by atoms with Crippen LogP contribution in [-0.2, 0) is 6.42 Å². The van der Waals surface area contributed by atoms with Gasteiger partial charge in [-0.3, -0.25) is 0 Å². The van der Waals surface area contributed by atoms with Crippen LogP contribution in [0.1, 0.15) is 12.5 Å². The highest BCUT2D eigenvalue weighted by Gasteiger charge is 2.06. The number of thiophene rings is 1. The van der Waals surface area contributed by atoms with Gasteiger partial charge in [0.1, 0.15) is 0 Å². The summed E-state index contributed by atoms with van der Waals surface area (Å²) in [6.45, 7) is 10.4. The molecule has 0 aliphatic heterocycles. The molecule has 0 N–H and O–H groups in total. The number of benzene rings is 1. The first-order valence-corrected chi connectivity index (χ1v) is 6.85. The third kappa shape index (κ3) is 2.56. The molecule has 1 nitrogen and oxygen atoms in total. The number of nitrogens with zero attached hydrogens (tertiary/aromatic N) is 1. The number of fused-ring (bicyclic) bond motifs is 1. The van der Waals surface area contributed by atoms with Crippen molar-refractivity contribution >= 4 is 21.4 Å². The zero-order chi connectivity index (χ0) is 13.0. The fraction of sp³-hybridized carbons (Fsp3) is 0.188. The molecule has 0 bridgehead atoms. The average molecular weight is 255 g/mol. The van der Waals surface area contributed by atoms with Crippen molar-refractivity contribution in [2.24, 2.45) is 0 Å². The van der Waals surface area contributed by atoms with E-state index in [2.05, 4.69) is 53.4 Å². The van der Waals surface area contributed by atoms with Gasteiger partial charge in [-0.05, 0) is 41.9 Å². The maximum Gasteiger partial charge on any atom is 0.0566 e. The third-order valence-corrected chi connectivity index (χ3v) is 4.10. The second-order valence-corrected chi connectivity index (χ2v) is 5.06. The molecule has 0 radical (unpaired) electrons. The van der Waals surface area contributed by atoms with Gasteiger partial charge in [0.15, 0.2) is 0 Å². The summed E-state index contributed by atoms with van der Waals surface area (Å²) < 4.78 is 1.36. The zero-order valence-corrected chi connectivity index (χ0v) is 11.5. The molecule has 2 heteroatoms. The molecule has 0 atom stereocenters. The summed E-state index contributed by atoms with van der Waals surface area (Å²) in [5.74, 6) is 0. The summed E-state index contributed by atoms with van der Waals surface area (Å²) in [5.41, 5.74) is 5.33. The highest BCUT2D eigenvalue weighted by atomic mass is 32.1. The van der Waals surface area contributed by atoms with Crippen LogP contribution in [0.25, 0.3) is 10.1 Å². The van der Waals surface area contributed by atoms with Crippen molar-refractivity contribution < 1.29 is 0 Å². The summed E-state index contributed by atoms with van der Waals surface area (Å²) in [6.07, 6.45) is 2.84. The van der Waals surface area contributed by atoms with Gasteiger partial charge < -0.3 is 4.90 Å². The number of hydrogen-bond acceptors (Lipinski definition) is 2. The van der Waals surface area contributed by atoms with Crippen molar-refractivity contribution in [3.63, 3.8) is 0 Å². The Morgan fingerprint density at radius 1 is 1.44 bits per heavy atom. The van der Waals surface area contributed by atoms with Crippen molar-refractivity contribution in [3.05, 3.63) is 66.0 Å². The van der Waals surface area contributed by atoms with E-state index in [9.17, 15) is 0 Å². The Morgan fingerprint density at radius 3 is 2.94 bits per heavy atom. The van der Waals surface area contributed by atoms with Crippen LogP contribution >= 0.6 is 11.3 Å². The van der Waals surface area contributed by atoms with Crippen LogP contribution in [0.2, 0.25) is 0 Å². The molecule has 1 heterocycles. The fourth-order valence-corrected chi connectivity index (χ4v) is 2.96. The molecule has 0 spiro atoms. The Labute approximate surface area is 112 Å². The van der Waals surface area contributed by atoms with Crippen LogP contribution in [0.4, 0.5) is 0 Å². The standard InChI is InChI=1S/C16H17NS/c1-4-13(3)17(5-2)11-10-14-12-18-16-9-7-6-8-15(14)16/h5-9,12H,1-2,10-11H2,3H3. The van der Waals surface area contributed by atoms with E-state index in [1.54, 1.807) is 0 Å². The van der Waals surface area contributed by atoms with E-state index in [1.165, 1.54) is 15.6 Å². The van der Waals surface area contributed by atoms with Crippen molar-refractivity contribution in [2.45, 2.75) is 13.3 Å². The van der Waals surface area contributed by atoms with Crippen LogP contribution in [0.15, 0.2) is 60.4 Å². The molecular weight excluding hydrogens is 238 g/mol. The lowest BCUT2D eigenvalue weighted by molar-refractivity contribution is 0.472. The van der Waals surface area contributed by atoms with E-state index < -0.39 is 0 Å². The van der Waals surface area contributed by atoms with Gasteiger partial charge in [0.05, 0.1) is 5.70 Å². The Morgan fingerprint density at radius 2 is 2.22 bits per heavy atom. The summed E-state index contributed by atoms with van der Waals surface area (Å²) in [5, 5.41) is 3.62. The number of hydrogen-bond donors (Lipinski definition) is 0. The van der Waals surface area contributed by atoms with Crippen molar-refractivity contribution in [1.29, 1.82) is 0 Å². The normalized spacial score (nSPS) is 10.1. The summed E-state index contributed by atoms with van der Waals surface area (Å²) in [6, 6.07) is 8.54. The van der Waals surface area contributed by atoms with Crippen LogP contribution in [0.3, 0.4) is 0 Å². The average Bonchev–Trinajstić information content (AvgIpc) is 2.82. The molecule has 18 heavy (non-hydrogen) atoms. The van der Waals surface area contributed by atoms with E-state index in [-0.39, 0.29) is 0 Å². The maximum absolute atomic E-state index is 3.83. The molecule has 92 valence electrons. The lowest BCUT2D eigenvalue weighted by Gasteiger charge is -2.18. The minimum atomic E-state index is 0.915. The van der Waals surface area contributed by atoms with Gasteiger partial charge in [-0.25, -0.2) is 0 Å². The van der Waals surface area contributed by atoms with Crippen molar-refractivity contribution in [2.75, 3.05) is 6.54 Å². The van der Waals surface area contributed by atoms with Gasteiger partial charge in [0.2, 0.25) is 0 Å². The molecule has 0 aliphatic rings. The Bertz CT molecular complexity index is 602. The maximum atomic E-state index is 3.83. The first-order chi connectivity index (χ1) is 8.76. The zero-order valence-electron chi connectivity index (χ0n) is 10.6. The van der Waals surface area contributed by atoms with E-state index in [1.807, 2.05) is 24.5 Å².